The van der Waals surface area contributed by atoms with Crippen molar-refractivity contribution in [1.82, 2.24) is 9.80 Å². The Morgan fingerprint density at radius 1 is 1.17 bits per heavy atom. The Morgan fingerprint density at radius 2 is 1.78 bits per heavy atom. The molecule has 4 heteroatoms. The lowest BCUT2D eigenvalue weighted by Gasteiger charge is -2.39. The number of piperidine rings is 2. The highest BCUT2D eigenvalue weighted by molar-refractivity contribution is 5.74. The zero-order valence-electron chi connectivity index (χ0n) is 11.8. The third-order valence-corrected chi connectivity index (χ3v) is 4.40. The SMILES string of the molecule is CC1CCCN(C(=O)N2CCCC(C(C)N)C2)C1. The number of hydrogen-bond acceptors (Lipinski definition) is 2. The molecule has 0 bridgehead atoms. The van der Waals surface area contributed by atoms with E-state index in [0.29, 0.717) is 11.8 Å². The van der Waals surface area contributed by atoms with Gasteiger partial charge < -0.3 is 15.5 Å². The van der Waals surface area contributed by atoms with Crippen LogP contribution in [0, 0.1) is 11.8 Å². The van der Waals surface area contributed by atoms with Gasteiger partial charge in [-0.05, 0) is 44.4 Å². The summed E-state index contributed by atoms with van der Waals surface area (Å²) < 4.78 is 0. The van der Waals surface area contributed by atoms with Crippen LogP contribution >= 0.6 is 0 Å². The molecule has 2 rings (SSSR count). The minimum Gasteiger partial charge on any atom is -0.328 e. The van der Waals surface area contributed by atoms with Gasteiger partial charge in [0.15, 0.2) is 0 Å². The fraction of sp³-hybridized carbons (Fsp3) is 0.929. The maximum Gasteiger partial charge on any atom is 0.320 e. The predicted molar refractivity (Wildman–Crippen MR) is 73.3 cm³/mol. The Morgan fingerprint density at radius 3 is 2.39 bits per heavy atom. The molecule has 104 valence electrons. The van der Waals surface area contributed by atoms with Crippen molar-refractivity contribution in [3.63, 3.8) is 0 Å². The quantitative estimate of drug-likeness (QED) is 0.776. The van der Waals surface area contributed by atoms with E-state index in [-0.39, 0.29) is 12.1 Å². The molecule has 2 amide bonds. The highest BCUT2D eigenvalue weighted by Crippen LogP contribution is 2.22. The lowest BCUT2D eigenvalue weighted by molar-refractivity contribution is 0.108. The molecule has 2 N–H and O–H groups in total. The molecular weight excluding hydrogens is 226 g/mol. The summed E-state index contributed by atoms with van der Waals surface area (Å²) in [5, 5.41) is 0. The molecule has 2 fully saturated rings. The average Bonchev–Trinajstić information content (AvgIpc) is 2.38. The number of hydrogen-bond donors (Lipinski definition) is 1. The van der Waals surface area contributed by atoms with Crippen molar-refractivity contribution in [3.8, 4) is 0 Å². The van der Waals surface area contributed by atoms with E-state index < -0.39 is 0 Å². The number of carbonyl (C=O) groups excluding carboxylic acids is 1. The zero-order valence-corrected chi connectivity index (χ0v) is 11.8. The summed E-state index contributed by atoms with van der Waals surface area (Å²) in [6, 6.07) is 0.438. The fourth-order valence-electron chi connectivity index (χ4n) is 3.18. The molecule has 0 aromatic rings. The van der Waals surface area contributed by atoms with Gasteiger partial charge in [0.2, 0.25) is 0 Å². The molecule has 0 spiro atoms. The standard InChI is InChI=1S/C14H27N3O/c1-11-5-3-7-16(9-11)14(18)17-8-4-6-13(10-17)12(2)15/h11-13H,3-10,15H2,1-2H3. The molecule has 3 unspecified atom stereocenters. The highest BCUT2D eigenvalue weighted by Gasteiger charge is 2.30. The van der Waals surface area contributed by atoms with Crippen LogP contribution in [0.4, 0.5) is 4.79 Å². The van der Waals surface area contributed by atoms with Crippen LogP contribution in [0.25, 0.3) is 0 Å². The summed E-state index contributed by atoms with van der Waals surface area (Å²) >= 11 is 0. The second-order valence-corrected chi connectivity index (χ2v) is 6.18. The first-order chi connectivity index (χ1) is 8.58. The smallest absolute Gasteiger partial charge is 0.320 e. The van der Waals surface area contributed by atoms with Crippen LogP contribution in [-0.4, -0.2) is 48.1 Å². The number of urea groups is 1. The minimum absolute atomic E-state index is 0.195. The van der Waals surface area contributed by atoms with E-state index in [9.17, 15) is 4.79 Å². The van der Waals surface area contributed by atoms with Gasteiger partial charge in [0.05, 0.1) is 0 Å². The first-order valence-electron chi connectivity index (χ1n) is 7.37. The van der Waals surface area contributed by atoms with Crippen LogP contribution in [-0.2, 0) is 0 Å². The van der Waals surface area contributed by atoms with Crippen LogP contribution in [0.2, 0.25) is 0 Å². The minimum atomic E-state index is 0.195. The van der Waals surface area contributed by atoms with Crippen molar-refractivity contribution in [2.75, 3.05) is 26.2 Å². The van der Waals surface area contributed by atoms with Gasteiger partial charge >= 0.3 is 6.03 Å². The topological polar surface area (TPSA) is 49.6 Å². The van der Waals surface area contributed by atoms with Gasteiger partial charge in [-0.25, -0.2) is 4.79 Å². The Balaban J connectivity index is 1.91. The first-order valence-corrected chi connectivity index (χ1v) is 7.37. The van der Waals surface area contributed by atoms with Crippen LogP contribution < -0.4 is 5.73 Å². The molecule has 18 heavy (non-hydrogen) atoms. The molecule has 0 aromatic carbocycles. The van der Waals surface area contributed by atoms with E-state index in [0.717, 1.165) is 45.4 Å². The molecule has 2 saturated heterocycles. The third-order valence-electron chi connectivity index (χ3n) is 4.40. The van der Waals surface area contributed by atoms with Crippen molar-refractivity contribution in [3.05, 3.63) is 0 Å². The van der Waals surface area contributed by atoms with Gasteiger partial charge in [-0.15, -0.1) is 0 Å². The summed E-state index contributed by atoms with van der Waals surface area (Å²) in [6.45, 7) is 7.91. The average molecular weight is 253 g/mol. The maximum absolute atomic E-state index is 12.5. The van der Waals surface area contributed by atoms with Gasteiger partial charge in [0.25, 0.3) is 0 Å². The molecule has 2 heterocycles. The first kappa shape index (κ1) is 13.7. The van der Waals surface area contributed by atoms with E-state index in [1.807, 2.05) is 9.80 Å². The Bertz CT molecular complexity index is 293. The number of likely N-dealkylation sites (tertiary alicyclic amines) is 2. The fourth-order valence-corrected chi connectivity index (χ4v) is 3.18. The molecule has 0 saturated carbocycles. The third kappa shape index (κ3) is 3.16. The lowest BCUT2D eigenvalue weighted by Crippen LogP contribution is -2.52. The van der Waals surface area contributed by atoms with Gasteiger partial charge in [-0.2, -0.15) is 0 Å². The van der Waals surface area contributed by atoms with Crippen LogP contribution in [0.15, 0.2) is 0 Å². The number of rotatable bonds is 1. The normalized spacial score (nSPS) is 31.3. The summed E-state index contributed by atoms with van der Waals surface area (Å²) in [4.78, 5) is 16.5. The summed E-state index contributed by atoms with van der Waals surface area (Å²) in [7, 11) is 0. The number of carbonyl (C=O) groups is 1. The monoisotopic (exact) mass is 253 g/mol. The molecule has 0 aromatic heterocycles. The van der Waals surface area contributed by atoms with E-state index in [1.54, 1.807) is 0 Å². The van der Waals surface area contributed by atoms with E-state index >= 15 is 0 Å². The van der Waals surface area contributed by atoms with Crippen LogP contribution in [0.5, 0.6) is 0 Å². The van der Waals surface area contributed by atoms with Gasteiger partial charge in [-0.1, -0.05) is 6.92 Å². The van der Waals surface area contributed by atoms with Crippen LogP contribution in [0.1, 0.15) is 39.5 Å². The Hall–Kier alpha value is -0.770. The molecule has 0 aliphatic carbocycles. The summed E-state index contributed by atoms with van der Waals surface area (Å²) in [6.07, 6.45) is 4.67. The van der Waals surface area contributed by atoms with Crippen LogP contribution in [0.3, 0.4) is 0 Å². The molecule has 0 radical (unpaired) electrons. The second kappa shape index (κ2) is 5.91. The van der Waals surface area contributed by atoms with E-state index in [1.165, 1.54) is 6.42 Å². The lowest BCUT2D eigenvalue weighted by atomic mass is 9.92. The molecule has 3 atom stereocenters. The van der Waals surface area contributed by atoms with Crippen molar-refractivity contribution in [1.29, 1.82) is 0 Å². The number of amides is 2. The largest absolute Gasteiger partial charge is 0.328 e. The predicted octanol–water partition coefficient (Wildman–Crippen LogP) is 1.90. The van der Waals surface area contributed by atoms with Crippen molar-refractivity contribution in [2.24, 2.45) is 17.6 Å². The van der Waals surface area contributed by atoms with Gasteiger partial charge in [0, 0.05) is 32.2 Å². The van der Waals surface area contributed by atoms with E-state index in [4.69, 9.17) is 5.73 Å². The molecule has 4 nitrogen and oxygen atoms in total. The molecule has 2 aliphatic rings. The van der Waals surface area contributed by atoms with Gasteiger partial charge in [0.1, 0.15) is 0 Å². The number of nitrogens with zero attached hydrogens (tertiary/aromatic N) is 2. The molecular formula is C14H27N3O. The summed E-state index contributed by atoms with van der Waals surface area (Å²) in [5.41, 5.74) is 5.98. The number of nitrogens with two attached hydrogens (primary N) is 1. The maximum atomic E-state index is 12.5. The Kier molecular flexibility index (Phi) is 4.49. The van der Waals surface area contributed by atoms with Gasteiger partial charge in [-0.3, -0.25) is 0 Å². The van der Waals surface area contributed by atoms with Crippen molar-refractivity contribution < 1.29 is 4.79 Å². The summed E-state index contributed by atoms with van der Waals surface area (Å²) in [5.74, 6) is 1.13. The second-order valence-electron chi connectivity index (χ2n) is 6.18. The highest BCUT2D eigenvalue weighted by atomic mass is 16.2. The van der Waals surface area contributed by atoms with E-state index in [2.05, 4.69) is 13.8 Å². The Labute approximate surface area is 110 Å². The molecule has 2 aliphatic heterocycles. The zero-order chi connectivity index (χ0) is 13.1. The van der Waals surface area contributed by atoms with Crippen molar-refractivity contribution in [2.45, 2.75) is 45.6 Å². The van der Waals surface area contributed by atoms with Crippen molar-refractivity contribution >= 4 is 6.03 Å².